The van der Waals surface area contributed by atoms with Crippen LogP contribution in [0.15, 0.2) is 36.7 Å². The van der Waals surface area contributed by atoms with Gasteiger partial charge in [-0.25, -0.2) is 4.79 Å². The van der Waals surface area contributed by atoms with E-state index in [1.807, 2.05) is 31.5 Å². The molecule has 6 heteroatoms. The highest BCUT2D eigenvalue weighted by atomic mass is 35.5. The number of pyridine rings is 1. The molecule has 1 aliphatic rings. The van der Waals surface area contributed by atoms with Crippen molar-refractivity contribution < 1.29 is 9.53 Å². The number of carbonyl (C=O) groups excluding carboxylic acids is 1. The molecule has 0 spiro atoms. The second-order valence-electron chi connectivity index (χ2n) is 7.95. The van der Waals surface area contributed by atoms with Gasteiger partial charge in [0.1, 0.15) is 0 Å². The van der Waals surface area contributed by atoms with Gasteiger partial charge in [-0.2, -0.15) is 0 Å². The monoisotopic (exact) mass is 429 g/mol. The number of nitrogens with one attached hydrogen (secondary N) is 1. The van der Waals surface area contributed by atoms with Crippen LogP contribution in [0.25, 0.3) is 0 Å². The van der Waals surface area contributed by atoms with E-state index in [9.17, 15) is 4.79 Å². The molecule has 0 saturated heterocycles. The lowest BCUT2D eigenvalue weighted by molar-refractivity contribution is 0.0600. The molecule has 1 aromatic carbocycles. The van der Waals surface area contributed by atoms with Crippen LogP contribution in [0, 0.1) is 6.92 Å². The minimum Gasteiger partial charge on any atom is -0.465 e. The Bertz CT molecular complexity index is 836. The van der Waals surface area contributed by atoms with Gasteiger partial charge < -0.3 is 15.0 Å². The van der Waals surface area contributed by atoms with Crippen LogP contribution in [0.2, 0.25) is 5.02 Å². The Hall–Kier alpha value is -2.11. The molecule has 1 fully saturated rings. The fourth-order valence-electron chi connectivity index (χ4n) is 4.47. The van der Waals surface area contributed by atoms with Crippen molar-refractivity contribution >= 4 is 23.3 Å². The van der Waals surface area contributed by atoms with E-state index >= 15 is 0 Å². The fourth-order valence-corrected chi connectivity index (χ4v) is 4.68. The van der Waals surface area contributed by atoms with Crippen LogP contribution in [0.3, 0.4) is 0 Å². The van der Waals surface area contributed by atoms with Crippen molar-refractivity contribution in [1.29, 1.82) is 0 Å². The number of aromatic nitrogens is 1. The van der Waals surface area contributed by atoms with Crippen LogP contribution in [0.4, 0.5) is 5.69 Å². The molecule has 2 aromatic rings. The van der Waals surface area contributed by atoms with Gasteiger partial charge in [0, 0.05) is 41.7 Å². The topological polar surface area (TPSA) is 54.5 Å². The molecule has 0 bridgehead atoms. The first kappa shape index (κ1) is 22.6. The van der Waals surface area contributed by atoms with Crippen LogP contribution in [0.1, 0.15) is 54.1 Å². The fraction of sp³-hybridized carbons (Fsp3) is 0.500. The first-order valence-corrected chi connectivity index (χ1v) is 11.2. The van der Waals surface area contributed by atoms with E-state index in [0.717, 1.165) is 56.4 Å². The molecule has 1 saturated carbocycles. The van der Waals surface area contributed by atoms with Gasteiger partial charge in [-0.05, 0) is 81.8 Å². The second-order valence-corrected chi connectivity index (χ2v) is 8.38. The van der Waals surface area contributed by atoms with E-state index in [2.05, 4.69) is 28.2 Å². The predicted molar refractivity (Wildman–Crippen MR) is 123 cm³/mol. The van der Waals surface area contributed by atoms with Crippen molar-refractivity contribution in [3.05, 3.63) is 58.4 Å². The lowest BCUT2D eigenvalue weighted by Gasteiger charge is -2.39. The minimum absolute atomic E-state index is 0.339. The van der Waals surface area contributed by atoms with Gasteiger partial charge in [-0.1, -0.05) is 17.7 Å². The Morgan fingerprint density at radius 1 is 1.30 bits per heavy atom. The summed E-state index contributed by atoms with van der Waals surface area (Å²) < 4.78 is 4.94. The summed E-state index contributed by atoms with van der Waals surface area (Å²) in [5.74, 6) is -0.339. The van der Waals surface area contributed by atoms with Crippen LogP contribution in [-0.4, -0.2) is 43.2 Å². The third-order valence-electron chi connectivity index (χ3n) is 6.11. The van der Waals surface area contributed by atoms with Crippen molar-refractivity contribution in [1.82, 2.24) is 10.3 Å². The number of carbonyl (C=O) groups is 1. The number of hydrogen-bond donors (Lipinski definition) is 1. The second kappa shape index (κ2) is 10.8. The SMILES string of the molecule is CCN(c1cc(Cl)cc(C(=O)OC)c1C)C1CCC(NCCc2cccnc2)CC1. The standard InChI is InChI=1S/C24H32ClN3O2/c1-4-28(23-15-19(25)14-22(17(23)2)24(29)30-3)21-9-7-20(8-10-21)27-13-11-18-6-5-12-26-16-18/h5-6,12,14-16,20-21,27H,4,7-11,13H2,1-3H3. The van der Waals surface area contributed by atoms with Gasteiger partial charge in [0.05, 0.1) is 12.7 Å². The van der Waals surface area contributed by atoms with E-state index in [-0.39, 0.29) is 5.97 Å². The molecule has 0 atom stereocenters. The molecule has 162 valence electrons. The number of nitrogens with zero attached hydrogens (tertiary/aromatic N) is 2. The molecule has 1 N–H and O–H groups in total. The lowest BCUT2D eigenvalue weighted by atomic mass is 9.89. The Kier molecular flexibility index (Phi) is 8.11. The van der Waals surface area contributed by atoms with E-state index in [4.69, 9.17) is 16.3 Å². The zero-order valence-electron chi connectivity index (χ0n) is 18.2. The highest BCUT2D eigenvalue weighted by molar-refractivity contribution is 6.31. The number of ether oxygens (including phenoxy) is 1. The Morgan fingerprint density at radius 3 is 2.70 bits per heavy atom. The van der Waals surface area contributed by atoms with Crippen molar-refractivity contribution in [2.75, 3.05) is 25.1 Å². The van der Waals surface area contributed by atoms with E-state index < -0.39 is 0 Å². The summed E-state index contributed by atoms with van der Waals surface area (Å²) in [7, 11) is 1.41. The summed E-state index contributed by atoms with van der Waals surface area (Å²) in [6.45, 7) is 6.00. The Balaban J connectivity index is 1.60. The molecule has 0 amide bonds. The molecular weight excluding hydrogens is 398 g/mol. The van der Waals surface area contributed by atoms with E-state index in [1.54, 1.807) is 6.07 Å². The van der Waals surface area contributed by atoms with Crippen LogP contribution in [0.5, 0.6) is 0 Å². The maximum Gasteiger partial charge on any atom is 0.338 e. The van der Waals surface area contributed by atoms with E-state index in [0.29, 0.717) is 22.7 Å². The van der Waals surface area contributed by atoms with Crippen LogP contribution >= 0.6 is 11.6 Å². The molecule has 30 heavy (non-hydrogen) atoms. The Labute approximate surface area is 184 Å². The number of methoxy groups -OCH3 is 1. The summed E-state index contributed by atoms with van der Waals surface area (Å²) >= 11 is 6.35. The number of anilines is 1. The quantitative estimate of drug-likeness (QED) is 0.611. The van der Waals surface area contributed by atoms with Crippen molar-refractivity contribution in [3.8, 4) is 0 Å². The van der Waals surface area contributed by atoms with Gasteiger partial charge in [0.2, 0.25) is 0 Å². The summed E-state index contributed by atoms with van der Waals surface area (Å²) in [6, 6.07) is 8.80. The molecule has 1 aromatic heterocycles. The normalized spacial score (nSPS) is 18.8. The number of rotatable bonds is 8. The smallest absolute Gasteiger partial charge is 0.338 e. The van der Waals surface area contributed by atoms with Gasteiger partial charge in [-0.3, -0.25) is 4.98 Å². The molecule has 1 heterocycles. The zero-order chi connectivity index (χ0) is 21.5. The average molecular weight is 430 g/mol. The van der Waals surface area contributed by atoms with Gasteiger partial charge in [-0.15, -0.1) is 0 Å². The number of hydrogen-bond acceptors (Lipinski definition) is 5. The zero-order valence-corrected chi connectivity index (χ0v) is 18.9. The minimum atomic E-state index is -0.339. The van der Waals surface area contributed by atoms with Gasteiger partial charge >= 0.3 is 5.97 Å². The number of esters is 1. The van der Waals surface area contributed by atoms with Crippen molar-refractivity contribution in [2.24, 2.45) is 0 Å². The van der Waals surface area contributed by atoms with E-state index in [1.165, 1.54) is 12.7 Å². The highest BCUT2D eigenvalue weighted by Gasteiger charge is 2.27. The summed E-state index contributed by atoms with van der Waals surface area (Å²) in [5.41, 5.74) is 3.79. The number of benzene rings is 1. The molecule has 0 aliphatic heterocycles. The summed E-state index contributed by atoms with van der Waals surface area (Å²) in [6.07, 6.45) is 9.30. The van der Waals surface area contributed by atoms with Crippen LogP contribution in [-0.2, 0) is 11.2 Å². The largest absolute Gasteiger partial charge is 0.465 e. The molecule has 5 nitrogen and oxygen atoms in total. The third kappa shape index (κ3) is 5.52. The summed E-state index contributed by atoms with van der Waals surface area (Å²) in [5, 5.41) is 4.28. The van der Waals surface area contributed by atoms with Gasteiger partial charge in [0.25, 0.3) is 0 Å². The summed E-state index contributed by atoms with van der Waals surface area (Å²) in [4.78, 5) is 18.7. The maximum atomic E-state index is 12.2. The molecule has 1 aliphatic carbocycles. The number of halogens is 1. The predicted octanol–water partition coefficient (Wildman–Crippen LogP) is 4.80. The molecule has 3 rings (SSSR count). The third-order valence-corrected chi connectivity index (χ3v) is 6.33. The lowest BCUT2D eigenvalue weighted by Crippen LogP contribution is -2.43. The van der Waals surface area contributed by atoms with Crippen molar-refractivity contribution in [2.45, 2.75) is 58.0 Å². The van der Waals surface area contributed by atoms with Crippen molar-refractivity contribution in [3.63, 3.8) is 0 Å². The molecule has 0 unspecified atom stereocenters. The average Bonchev–Trinajstić information content (AvgIpc) is 2.77. The highest BCUT2D eigenvalue weighted by Crippen LogP contribution is 2.33. The van der Waals surface area contributed by atoms with Gasteiger partial charge in [0.15, 0.2) is 0 Å². The Morgan fingerprint density at radius 2 is 2.07 bits per heavy atom. The molecule has 0 radical (unpaired) electrons. The molecular formula is C24H32ClN3O2. The first-order chi connectivity index (χ1) is 14.5. The van der Waals surface area contributed by atoms with Crippen LogP contribution < -0.4 is 10.2 Å². The maximum absolute atomic E-state index is 12.2. The first-order valence-electron chi connectivity index (χ1n) is 10.8.